The van der Waals surface area contributed by atoms with E-state index in [2.05, 4.69) is 9.97 Å². The van der Waals surface area contributed by atoms with Crippen LogP contribution < -0.4 is 10.3 Å². The van der Waals surface area contributed by atoms with Crippen molar-refractivity contribution in [2.24, 2.45) is 7.05 Å². The van der Waals surface area contributed by atoms with Crippen molar-refractivity contribution in [2.45, 2.75) is 31.4 Å². The molecule has 162 valence electrons. The molecule has 0 radical (unpaired) electrons. The molecule has 0 spiro atoms. The van der Waals surface area contributed by atoms with Gasteiger partial charge in [-0.2, -0.15) is 0 Å². The number of aryl methyl sites for hydroxylation is 1. The van der Waals surface area contributed by atoms with Crippen molar-refractivity contribution in [2.75, 3.05) is 0 Å². The molecule has 4 rings (SSSR count). The van der Waals surface area contributed by atoms with Crippen molar-refractivity contribution in [1.82, 2.24) is 14.5 Å². The Bertz CT molecular complexity index is 1300. The van der Waals surface area contributed by atoms with Gasteiger partial charge in [0, 0.05) is 30.4 Å². The molecule has 0 unspecified atom stereocenters. The molecule has 1 aliphatic rings. The van der Waals surface area contributed by atoms with Gasteiger partial charge < -0.3 is 9.30 Å². The zero-order chi connectivity index (χ0) is 22.1. The number of aromatic nitrogens is 3. The molecule has 0 saturated heterocycles. The molecular weight excluding hydrogens is 428 g/mol. The Balaban J connectivity index is 1.91. The molecule has 1 aromatic carbocycles. The van der Waals surface area contributed by atoms with Crippen LogP contribution in [0.25, 0.3) is 11.3 Å². The number of hydrogen-bond acceptors (Lipinski definition) is 6. The highest BCUT2D eigenvalue weighted by molar-refractivity contribution is 7.71. The second kappa shape index (κ2) is 8.54. The third-order valence-corrected chi connectivity index (χ3v) is 5.68. The van der Waals surface area contributed by atoms with Gasteiger partial charge in [0.15, 0.2) is 17.3 Å². The quantitative estimate of drug-likeness (QED) is 0.605. The first-order chi connectivity index (χ1) is 14.8. The molecular formula is C21H19F2N3O4S. The second-order valence-electron chi connectivity index (χ2n) is 7.29. The zero-order valence-corrected chi connectivity index (χ0v) is 17.5. The number of ether oxygens (including phenoxy) is 1. The number of rotatable bonds is 5. The lowest BCUT2D eigenvalue weighted by Gasteiger charge is -2.21. The van der Waals surface area contributed by atoms with E-state index in [0.29, 0.717) is 30.0 Å². The lowest BCUT2D eigenvalue weighted by Crippen LogP contribution is -2.25. The van der Waals surface area contributed by atoms with Gasteiger partial charge in [-0.1, -0.05) is 0 Å². The molecule has 0 amide bonds. The third kappa shape index (κ3) is 4.34. The van der Waals surface area contributed by atoms with Gasteiger partial charge in [0.25, 0.3) is 5.56 Å². The molecule has 2 heterocycles. The Hall–Kier alpha value is -3.14. The molecule has 0 aliphatic heterocycles. The maximum absolute atomic E-state index is 14.2. The number of nitrogens with zero attached hydrogens (tertiary/aromatic N) is 3. The summed E-state index contributed by atoms with van der Waals surface area (Å²) in [5.41, 5.74) is 2.25. The first-order valence-corrected chi connectivity index (χ1v) is 11.0. The van der Waals surface area contributed by atoms with Gasteiger partial charge in [-0.15, -0.1) is 0 Å². The Morgan fingerprint density at radius 1 is 1.13 bits per heavy atom. The molecule has 7 nitrogen and oxygen atoms in total. The Morgan fingerprint density at radius 3 is 2.58 bits per heavy atom. The predicted molar refractivity (Wildman–Crippen MR) is 110 cm³/mol. The summed E-state index contributed by atoms with van der Waals surface area (Å²) in [5.74, 6) is -2.13. The highest BCUT2D eigenvalue weighted by Crippen LogP contribution is 2.36. The van der Waals surface area contributed by atoms with Crippen molar-refractivity contribution in [1.29, 1.82) is 0 Å². The smallest absolute Gasteiger partial charge is 0.253 e. The number of halogens is 2. The first kappa shape index (κ1) is 21.1. The Morgan fingerprint density at radius 2 is 1.87 bits per heavy atom. The van der Waals surface area contributed by atoms with Crippen LogP contribution in [0.5, 0.6) is 11.5 Å². The van der Waals surface area contributed by atoms with Crippen molar-refractivity contribution < 1.29 is 21.9 Å². The van der Waals surface area contributed by atoms with E-state index in [4.69, 9.17) is 4.74 Å². The van der Waals surface area contributed by atoms with Crippen molar-refractivity contribution in [3.05, 3.63) is 69.5 Å². The van der Waals surface area contributed by atoms with E-state index in [9.17, 15) is 22.0 Å². The van der Waals surface area contributed by atoms with Crippen LogP contribution in [0.4, 0.5) is 8.78 Å². The zero-order valence-electron chi connectivity index (χ0n) is 16.6. The second-order valence-corrected chi connectivity index (χ2v) is 8.27. The molecule has 0 saturated carbocycles. The van der Waals surface area contributed by atoms with E-state index in [1.54, 1.807) is 13.2 Å². The van der Waals surface area contributed by atoms with Gasteiger partial charge in [-0.3, -0.25) is 4.79 Å². The van der Waals surface area contributed by atoms with E-state index in [1.807, 2.05) is 0 Å². The topological polar surface area (TPSA) is 91.2 Å². The fourth-order valence-corrected chi connectivity index (χ4v) is 4.11. The summed E-state index contributed by atoms with van der Waals surface area (Å²) in [6, 6.07) is 2.90. The van der Waals surface area contributed by atoms with Gasteiger partial charge in [0.1, 0.15) is 33.8 Å². The summed E-state index contributed by atoms with van der Waals surface area (Å²) in [4.78, 5) is 21.0. The highest BCUT2D eigenvalue weighted by Gasteiger charge is 2.23. The first-order valence-electron chi connectivity index (χ1n) is 9.66. The highest BCUT2D eigenvalue weighted by atomic mass is 32.2. The van der Waals surface area contributed by atoms with Crippen LogP contribution in [0.2, 0.25) is 0 Å². The van der Waals surface area contributed by atoms with Crippen LogP contribution in [-0.4, -0.2) is 23.0 Å². The minimum Gasteiger partial charge on any atom is -0.450 e. The number of pyridine rings is 1. The number of fused-ring (bicyclic) bond motifs is 1. The van der Waals surface area contributed by atoms with E-state index in [1.165, 1.54) is 10.8 Å². The number of thiol groups is 1. The standard InChI is InChI=1S/C21H19F2N3O4S/c1-26-10-15(13-4-2-3-5-14(13)21(26)27)20-18(9-24-19(25-20)11-31(28)29)30-17-7-6-12(22)8-16(17)23/h6-10,31H,2-5,11H2,1H3. The predicted octanol–water partition coefficient (Wildman–Crippen LogP) is 2.90. The van der Waals surface area contributed by atoms with E-state index in [-0.39, 0.29) is 34.3 Å². The van der Waals surface area contributed by atoms with Crippen LogP contribution in [0, 0.1) is 11.6 Å². The molecule has 0 atom stereocenters. The molecule has 3 aromatic rings. The normalized spacial score (nSPS) is 13.3. The van der Waals surface area contributed by atoms with Gasteiger partial charge in [-0.25, -0.2) is 27.2 Å². The molecule has 0 fully saturated rings. The van der Waals surface area contributed by atoms with Crippen LogP contribution >= 0.6 is 0 Å². The maximum atomic E-state index is 14.2. The van der Waals surface area contributed by atoms with Crippen LogP contribution in [0.1, 0.15) is 29.8 Å². The van der Waals surface area contributed by atoms with E-state index < -0.39 is 22.3 Å². The third-order valence-electron chi connectivity index (χ3n) is 5.14. The fraction of sp³-hybridized carbons (Fsp3) is 0.286. The van der Waals surface area contributed by atoms with Crippen LogP contribution in [-0.2, 0) is 36.3 Å². The number of benzene rings is 1. The largest absolute Gasteiger partial charge is 0.450 e. The summed E-state index contributed by atoms with van der Waals surface area (Å²) in [6.45, 7) is 0. The maximum Gasteiger partial charge on any atom is 0.253 e. The average molecular weight is 447 g/mol. The molecule has 0 bridgehead atoms. The molecule has 1 aliphatic carbocycles. The summed E-state index contributed by atoms with van der Waals surface area (Å²) in [7, 11) is -1.15. The van der Waals surface area contributed by atoms with Crippen molar-refractivity contribution in [3.63, 3.8) is 0 Å². The Labute approximate surface area is 178 Å². The van der Waals surface area contributed by atoms with E-state index >= 15 is 0 Å². The SMILES string of the molecule is Cn1cc(-c2nc(C[SH](=O)=O)ncc2Oc2ccc(F)cc2F)c2c(c1=O)CCCC2. The van der Waals surface area contributed by atoms with Gasteiger partial charge in [0.05, 0.1) is 6.20 Å². The molecule has 31 heavy (non-hydrogen) atoms. The Kier molecular flexibility index (Phi) is 5.81. The van der Waals surface area contributed by atoms with Gasteiger partial charge in [0.2, 0.25) is 0 Å². The lowest BCUT2D eigenvalue weighted by molar-refractivity contribution is 0.435. The van der Waals surface area contributed by atoms with Crippen LogP contribution in [0.3, 0.4) is 0 Å². The van der Waals surface area contributed by atoms with Crippen molar-refractivity contribution in [3.8, 4) is 22.8 Å². The summed E-state index contributed by atoms with van der Waals surface area (Å²) >= 11 is 0. The molecule has 2 aromatic heterocycles. The fourth-order valence-electron chi connectivity index (χ4n) is 3.73. The summed E-state index contributed by atoms with van der Waals surface area (Å²) < 4.78 is 56.9. The molecule has 10 heteroatoms. The summed E-state index contributed by atoms with van der Waals surface area (Å²) in [5, 5.41) is 0. The minimum atomic E-state index is -2.77. The van der Waals surface area contributed by atoms with Crippen LogP contribution in [0.15, 0.2) is 35.4 Å². The molecule has 0 N–H and O–H groups in total. The number of hydrogen-bond donors (Lipinski definition) is 1. The lowest BCUT2D eigenvalue weighted by atomic mass is 9.88. The van der Waals surface area contributed by atoms with Gasteiger partial charge in [-0.05, 0) is 43.4 Å². The minimum absolute atomic E-state index is 0.0523. The summed E-state index contributed by atoms with van der Waals surface area (Å²) in [6.07, 6.45) is 5.94. The monoisotopic (exact) mass is 447 g/mol. The van der Waals surface area contributed by atoms with Gasteiger partial charge >= 0.3 is 0 Å². The van der Waals surface area contributed by atoms with Crippen molar-refractivity contribution >= 4 is 10.7 Å². The van der Waals surface area contributed by atoms with E-state index in [0.717, 1.165) is 30.5 Å². The average Bonchev–Trinajstić information content (AvgIpc) is 2.73.